The van der Waals surface area contributed by atoms with Gasteiger partial charge in [-0.3, -0.25) is 9.36 Å². The molecule has 2 aromatic carbocycles. The van der Waals surface area contributed by atoms with Gasteiger partial charge in [0.15, 0.2) is 6.10 Å². The number of aromatic nitrogens is 4. The number of carboxylic acid groups (broad SMARTS) is 1. The van der Waals surface area contributed by atoms with Crippen LogP contribution in [0.1, 0.15) is 73.8 Å². The first-order chi connectivity index (χ1) is 19.7. The van der Waals surface area contributed by atoms with E-state index in [9.17, 15) is 20.0 Å². The Bertz CT molecular complexity index is 1710. The summed E-state index contributed by atoms with van der Waals surface area (Å²) in [5.74, 6) is -0.519. The van der Waals surface area contributed by atoms with Crippen molar-refractivity contribution in [3.8, 4) is 17.2 Å². The fourth-order valence-corrected chi connectivity index (χ4v) is 5.53. The third-order valence-electron chi connectivity index (χ3n) is 7.70. The summed E-state index contributed by atoms with van der Waals surface area (Å²) in [6, 6.07) is 13.8. The fourth-order valence-electron chi connectivity index (χ4n) is 5.53. The molecule has 0 amide bonds. The summed E-state index contributed by atoms with van der Waals surface area (Å²) < 4.78 is 24.6. The number of halogens is 1. The van der Waals surface area contributed by atoms with Crippen LogP contribution in [0.2, 0.25) is 0 Å². The normalized spacial score (nSPS) is 17.2. The molecule has 5 rings (SSSR count). The number of rotatable bonds is 10. The SMILES string of the molecule is CCCc1c(Cc2ccc(-c3ccccc3C#N)cc2F)c(=O)n([C@H]2C[C@H](OC(CC)C(=O)O)C2)c2nc(C)nn12. The lowest BCUT2D eigenvalue weighted by atomic mass is 9.88. The van der Waals surface area contributed by atoms with Crippen LogP contribution in [-0.4, -0.2) is 42.4 Å². The van der Waals surface area contributed by atoms with Crippen molar-refractivity contribution in [3.05, 3.63) is 86.8 Å². The van der Waals surface area contributed by atoms with Crippen LogP contribution in [0, 0.1) is 24.1 Å². The van der Waals surface area contributed by atoms with E-state index < -0.39 is 17.9 Å². The predicted molar refractivity (Wildman–Crippen MR) is 150 cm³/mol. The van der Waals surface area contributed by atoms with E-state index in [0.717, 1.165) is 6.42 Å². The summed E-state index contributed by atoms with van der Waals surface area (Å²) in [7, 11) is 0. The molecular weight excluding hydrogens is 525 g/mol. The van der Waals surface area contributed by atoms with E-state index in [1.54, 1.807) is 59.3 Å². The van der Waals surface area contributed by atoms with Gasteiger partial charge in [-0.15, -0.1) is 0 Å². The molecule has 9 nitrogen and oxygen atoms in total. The van der Waals surface area contributed by atoms with Gasteiger partial charge in [-0.2, -0.15) is 15.3 Å². The Balaban J connectivity index is 1.53. The smallest absolute Gasteiger partial charge is 0.332 e. The number of aliphatic carboxylic acids is 1. The average Bonchev–Trinajstić information content (AvgIpc) is 3.32. The molecule has 1 aliphatic carbocycles. The third kappa shape index (κ3) is 5.37. The minimum Gasteiger partial charge on any atom is -0.479 e. The van der Waals surface area contributed by atoms with E-state index in [-0.39, 0.29) is 24.1 Å². The second kappa shape index (κ2) is 11.6. The number of nitriles is 1. The van der Waals surface area contributed by atoms with Crippen molar-refractivity contribution in [1.29, 1.82) is 5.26 Å². The van der Waals surface area contributed by atoms with Crippen LogP contribution in [-0.2, 0) is 22.4 Å². The molecule has 212 valence electrons. The molecule has 1 N–H and O–H groups in total. The quantitative estimate of drug-likeness (QED) is 0.291. The van der Waals surface area contributed by atoms with Crippen molar-refractivity contribution < 1.29 is 19.0 Å². The van der Waals surface area contributed by atoms with Gasteiger partial charge < -0.3 is 9.84 Å². The van der Waals surface area contributed by atoms with Crippen molar-refractivity contribution in [2.24, 2.45) is 0 Å². The van der Waals surface area contributed by atoms with Crippen molar-refractivity contribution in [1.82, 2.24) is 19.2 Å². The molecule has 1 aliphatic rings. The molecule has 2 heterocycles. The largest absolute Gasteiger partial charge is 0.479 e. The lowest BCUT2D eigenvalue weighted by Crippen LogP contribution is -2.43. The first-order valence-corrected chi connectivity index (χ1v) is 13.9. The number of hydrogen-bond acceptors (Lipinski definition) is 6. The molecular formula is C31H32FN5O4. The number of carbonyl (C=O) groups is 1. The van der Waals surface area contributed by atoms with Crippen LogP contribution in [0.15, 0.2) is 47.3 Å². The maximum absolute atomic E-state index is 15.5. The van der Waals surface area contributed by atoms with Crippen LogP contribution in [0.3, 0.4) is 0 Å². The zero-order valence-corrected chi connectivity index (χ0v) is 23.3. The monoisotopic (exact) mass is 557 g/mol. The van der Waals surface area contributed by atoms with Gasteiger partial charge in [0.25, 0.3) is 5.56 Å². The zero-order chi connectivity index (χ0) is 29.3. The Kier molecular flexibility index (Phi) is 7.99. The lowest BCUT2D eigenvalue weighted by molar-refractivity contribution is -0.160. The highest BCUT2D eigenvalue weighted by Crippen LogP contribution is 2.36. The molecule has 0 bridgehead atoms. The van der Waals surface area contributed by atoms with Crippen molar-refractivity contribution in [2.45, 2.75) is 77.5 Å². The van der Waals surface area contributed by atoms with E-state index in [4.69, 9.17) is 4.74 Å². The van der Waals surface area contributed by atoms with Gasteiger partial charge in [0.1, 0.15) is 11.6 Å². The number of carboxylic acids is 1. The minimum atomic E-state index is -1.00. The summed E-state index contributed by atoms with van der Waals surface area (Å²) in [5.41, 5.74) is 2.95. The number of aryl methyl sites for hydroxylation is 2. The van der Waals surface area contributed by atoms with Crippen LogP contribution < -0.4 is 5.56 Å². The van der Waals surface area contributed by atoms with Gasteiger partial charge in [-0.1, -0.05) is 50.6 Å². The molecule has 41 heavy (non-hydrogen) atoms. The van der Waals surface area contributed by atoms with Gasteiger partial charge >= 0.3 is 5.97 Å². The van der Waals surface area contributed by atoms with E-state index in [0.29, 0.717) is 70.8 Å². The fraction of sp³-hybridized carbons (Fsp3) is 0.387. The second-order valence-corrected chi connectivity index (χ2v) is 10.5. The highest BCUT2D eigenvalue weighted by atomic mass is 19.1. The van der Waals surface area contributed by atoms with Crippen molar-refractivity contribution >= 4 is 11.7 Å². The maximum Gasteiger partial charge on any atom is 0.332 e. The van der Waals surface area contributed by atoms with Crippen LogP contribution in [0.4, 0.5) is 4.39 Å². The number of hydrogen-bond donors (Lipinski definition) is 1. The van der Waals surface area contributed by atoms with Crippen LogP contribution in [0.25, 0.3) is 16.9 Å². The average molecular weight is 558 g/mol. The Morgan fingerprint density at radius 2 is 2.00 bits per heavy atom. The number of benzene rings is 2. The van der Waals surface area contributed by atoms with Gasteiger partial charge in [0.05, 0.1) is 23.4 Å². The second-order valence-electron chi connectivity index (χ2n) is 10.5. The standard InChI is InChI=1S/C31H32FN5O4/c1-4-8-27-25(13-20-12-11-19(14-26(20)32)24-10-7-6-9-21(24)17-33)29(38)36(31-34-18(3)35-37(27)31)22-15-23(16-22)41-28(5-2)30(39)40/h6-7,9-12,14,22-23,28H,4-5,8,13,15-16H2,1-3H3,(H,39,40)/t22-,23-,28?. The Labute approximate surface area is 236 Å². The van der Waals surface area contributed by atoms with Crippen molar-refractivity contribution in [2.75, 3.05) is 0 Å². The predicted octanol–water partition coefficient (Wildman–Crippen LogP) is 5.00. The summed E-state index contributed by atoms with van der Waals surface area (Å²) in [6.07, 6.45) is 1.51. The molecule has 1 saturated carbocycles. The maximum atomic E-state index is 15.5. The molecule has 0 radical (unpaired) electrons. The molecule has 1 unspecified atom stereocenters. The molecule has 0 aliphatic heterocycles. The molecule has 1 fully saturated rings. The number of ether oxygens (including phenoxy) is 1. The summed E-state index contributed by atoms with van der Waals surface area (Å²) in [4.78, 5) is 30.1. The van der Waals surface area contributed by atoms with E-state index >= 15 is 4.39 Å². The minimum absolute atomic E-state index is 0.0681. The van der Waals surface area contributed by atoms with Gasteiger partial charge in [-0.05, 0) is 61.4 Å². The number of nitrogens with zero attached hydrogens (tertiary/aromatic N) is 5. The topological polar surface area (TPSA) is 123 Å². The van der Waals surface area contributed by atoms with Crippen LogP contribution >= 0.6 is 0 Å². The highest BCUT2D eigenvalue weighted by molar-refractivity contribution is 5.72. The Morgan fingerprint density at radius 3 is 2.66 bits per heavy atom. The first kappa shape index (κ1) is 28.2. The summed E-state index contributed by atoms with van der Waals surface area (Å²) >= 11 is 0. The van der Waals surface area contributed by atoms with Gasteiger partial charge in [-0.25, -0.2) is 13.7 Å². The van der Waals surface area contributed by atoms with Crippen LogP contribution in [0.5, 0.6) is 0 Å². The van der Waals surface area contributed by atoms with E-state index in [1.807, 2.05) is 6.92 Å². The van der Waals surface area contributed by atoms with E-state index in [2.05, 4.69) is 16.2 Å². The molecule has 4 aromatic rings. The third-order valence-corrected chi connectivity index (χ3v) is 7.70. The Hall–Kier alpha value is -4.36. The number of fused-ring (bicyclic) bond motifs is 1. The molecule has 2 aromatic heterocycles. The highest BCUT2D eigenvalue weighted by Gasteiger charge is 2.37. The summed E-state index contributed by atoms with van der Waals surface area (Å²) in [5, 5.41) is 23.4. The molecule has 10 heteroatoms. The van der Waals surface area contributed by atoms with Crippen molar-refractivity contribution in [3.63, 3.8) is 0 Å². The summed E-state index contributed by atoms with van der Waals surface area (Å²) in [6.45, 7) is 5.53. The van der Waals surface area contributed by atoms with Gasteiger partial charge in [0.2, 0.25) is 5.78 Å². The first-order valence-electron chi connectivity index (χ1n) is 13.9. The lowest BCUT2D eigenvalue weighted by Gasteiger charge is -2.37. The Morgan fingerprint density at radius 1 is 1.24 bits per heavy atom. The molecule has 0 saturated heterocycles. The van der Waals surface area contributed by atoms with E-state index in [1.165, 1.54) is 6.07 Å². The molecule has 1 atom stereocenters. The zero-order valence-electron chi connectivity index (χ0n) is 23.3. The van der Waals surface area contributed by atoms with Gasteiger partial charge in [0, 0.05) is 18.0 Å². The molecule has 0 spiro atoms.